The predicted molar refractivity (Wildman–Crippen MR) is 135 cm³/mol. The molecule has 0 saturated carbocycles. The number of aryl methyl sites for hydroxylation is 1. The number of aromatic nitrogens is 6. The third-order valence-electron chi connectivity index (χ3n) is 5.53. The van der Waals surface area contributed by atoms with Crippen molar-refractivity contribution in [3.8, 4) is 40.2 Å². The summed E-state index contributed by atoms with van der Waals surface area (Å²) < 4.78 is 19.9. The maximum Gasteiger partial charge on any atom is 0.273 e. The molecule has 5 aromatic rings. The Balaban J connectivity index is 1.29. The van der Waals surface area contributed by atoms with E-state index >= 15 is 0 Å². The van der Waals surface area contributed by atoms with E-state index in [2.05, 4.69) is 25.4 Å². The maximum absolute atomic E-state index is 13.0. The molecule has 1 amide bonds. The van der Waals surface area contributed by atoms with Crippen molar-refractivity contribution >= 4 is 11.6 Å². The molecule has 0 aliphatic rings. The van der Waals surface area contributed by atoms with Crippen molar-refractivity contribution in [2.75, 3.05) is 19.5 Å². The lowest BCUT2D eigenvalue weighted by Crippen LogP contribution is -2.15. The topological polar surface area (TPSA) is 118 Å². The summed E-state index contributed by atoms with van der Waals surface area (Å²) in [6.45, 7) is 0. The molecular weight excluding hydrogens is 474 g/mol. The van der Waals surface area contributed by atoms with Gasteiger partial charge in [0.2, 0.25) is 5.88 Å². The molecule has 3 aromatic heterocycles. The lowest BCUT2D eigenvalue weighted by molar-refractivity contribution is 0.101. The van der Waals surface area contributed by atoms with Crippen molar-refractivity contribution in [2.45, 2.75) is 0 Å². The van der Waals surface area contributed by atoms with Gasteiger partial charge in [0.05, 0.1) is 19.9 Å². The minimum absolute atomic E-state index is 0.308. The molecule has 0 unspecified atom stereocenters. The van der Waals surface area contributed by atoms with Crippen LogP contribution in [0.1, 0.15) is 10.5 Å². The normalized spacial score (nSPS) is 10.7. The van der Waals surface area contributed by atoms with Crippen LogP contribution < -0.4 is 19.5 Å². The molecular formula is C26H23N7O4. The van der Waals surface area contributed by atoms with Crippen molar-refractivity contribution in [2.24, 2.45) is 7.05 Å². The Morgan fingerprint density at radius 1 is 0.946 bits per heavy atom. The fraction of sp³-hybridized carbons (Fsp3) is 0.115. The lowest BCUT2D eigenvalue weighted by Gasteiger charge is -2.08. The second-order valence-electron chi connectivity index (χ2n) is 7.87. The van der Waals surface area contributed by atoms with Gasteiger partial charge in [0.25, 0.3) is 5.91 Å². The minimum atomic E-state index is -0.308. The van der Waals surface area contributed by atoms with E-state index in [9.17, 15) is 4.79 Å². The predicted octanol–water partition coefficient (Wildman–Crippen LogP) is 4.12. The molecule has 0 bridgehead atoms. The first kappa shape index (κ1) is 23.5. The first-order chi connectivity index (χ1) is 18.0. The van der Waals surface area contributed by atoms with Crippen LogP contribution in [-0.2, 0) is 7.05 Å². The number of methoxy groups -OCH3 is 2. The molecule has 3 heterocycles. The molecule has 11 heteroatoms. The SMILES string of the molecule is COc1ccc(OC)c(-c2cc(C(=O)Nc3ccc(Oc4cc(-n5ccnc5)ncn4)cc3)n(C)n2)c1. The van der Waals surface area contributed by atoms with E-state index < -0.39 is 0 Å². The van der Waals surface area contributed by atoms with Crippen molar-refractivity contribution in [3.63, 3.8) is 0 Å². The van der Waals surface area contributed by atoms with E-state index in [1.54, 1.807) is 93.1 Å². The number of anilines is 1. The van der Waals surface area contributed by atoms with Gasteiger partial charge < -0.3 is 19.5 Å². The second kappa shape index (κ2) is 10.2. The number of imidazole rings is 1. The van der Waals surface area contributed by atoms with E-state index in [4.69, 9.17) is 14.2 Å². The standard InChI is InChI=1S/C26H23N7O4/c1-32-22(13-21(31-32)20-12-19(35-2)8-9-23(20)36-3)26(34)30-17-4-6-18(7-5-17)37-25-14-24(28-15-29-25)33-11-10-27-16-33/h4-16H,1-3H3,(H,30,34). The Bertz CT molecular complexity index is 1530. The van der Waals surface area contributed by atoms with Crippen LogP contribution in [-0.4, -0.2) is 49.4 Å². The molecule has 1 N–H and O–H groups in total. The van der Waals surface area contributed by atoms with Crippen molar-refractivity contribution < 1.29 is 19.0 Å². The number of amides is 1. The van der Waals surface area contributed by atoms with Gasteiger partial charge in [-0.3, -0.25) is 14.0 Å². The summed E-state index contributed by atoms with van der Waals surface area (Å²) in [4.78, 5) is 25.4. The molecule has 5 rings (SSSR count). The quantitative estimate of drug-likeness (QED) is 0.340. The highest BCUT2D eigenvalue weighted by Gasteiger charge is 2.18. The van der Waals surface area contributed by atoms with Gasteiger partial charge in [-0.05, 0) is 48.5 Å². The molecule has 0 fully saturated rings. The van der Waals surface area contributed by atoms with Crippen LogP contribution in [0.4, 0.5) is 5.69 Å². The Kier molecular flexibility index (Phi) is 6.49. The van der Waals surface area contributed by atoms with Gasteiger partial charge in [-0.2, -0.15) is 5.10 Å². The number of rotatable bonds is 8. The number of carbonyl (C=O) groups is 1. The van der Waals surface area contributed by atoms with E-state index in [0.717, 1.165) is 5.56 Å². The van der Waals surface area contributed by atoms with Crippen LogP contribution in [0.5, 0.6) is 23.1 Å². The second-order valence-corrected chi connectivity index (χ2v) is 7.87. The van der Waals surface area contributed by atoms with E-state index in [-0.39, 0.29) is 5.91 Å². The maximum atomic E-state index is 13.0. The summed E-state index contributed by atoms with van der Waals surface area (Å²) in [6, 6.07) is 15.8. The molecule has 0 atom stereocenters. The van der Waals surface area contributed by atoms with E-state index in [1.165, 1.54) is 11.0 Å². The summed E-state index contributed by atoms with van der Waals surface area (Å²) in [6.07, 6.45) is 6.50. The summed E-state index contributed by atoms with van der Waals surface area (Å²) in [5.74, 6) is 2.55. The van der Waals surface area contributed by atoms with Crippen LogP contribution in [0.3, 0.4) is 0 Å². The Labute approximate surface area is 212 Å². The van der Waals surface area contributed by atoms with E-state index in [1.807, 2.05) is 6.07 Å². The monoisotopic (exact) mass is 497 g/mol. The molecule has 2 aromatic carbocycles. The van der Waals surface area contributed by atoms with Crippen molar-refractivity contribution in [1.82, 2.24) is 29.3 Å². The molecule has 37 heavy (non-hydrogen) atoms. The number of nitrogens with zero attached hydrogens (tertiary/aromatic N) is 6. The lowest BCUT2D eigenvalue weighted by atomic mass is 10.1. The Hall–Kier alpha value is -5.19. The van der Waals surface area contributed by atoms with Crippen LogP contribution in [0.2, 0.25) is 0 Å². The number of nitrogens with one attached hydrogen (secondary N) is 1. The van der Waals surface area contributed by atoms with Gasteiger partial charge >= 0.3 is 0 Å². The number of benzene rings is 2. The van der Waals surface area contributed by atoms with Crippen LogP contribution >= 0.6 is 0 Å². The van der Waals surface area contributed by atoms with Gasteiger partial charge in [0.1, 0.15) is 41.4 Å². The zero-order valence-electron chi connectivity index (χ0n) is 20.3. The fourth-order valence-corrected chi connectivity index (χ4v) is 3.67. The van der Waals surface area contributed by atoms with Gasteiger partial charge in [-0.1, -0.05) is 0 Å². The molecule has 0 saturated heterocycles. The molecule has 0 spiro atoms. The summed E-state index contributed by atoms with van der Waals surface area (Å²) in [5.41, 5.74) is 2.29. The average Bonchev–Trinajstić information content (AvgIpc) is 3.60. The summed E-state index contributed by atoms with van der Waals surface area (Å²) in [7, 11) is 4.88. The van der Waals surface area contributed by atoms with Gasteiger partial charge in [-0.15, -0.1) is 0 Å². The average molecular weight is 498 g/mol. The molecule has 0 radical (unpaired) electrons. The highest BCUT2D eigenvalue weighted by molar-refractivity contribution is 6.03. The van der Waals surface area contributed by atoms with Crippen molar-refractivity contribution in [1.29, 1.82) is 0 Å². The largest absolute Gasteiger partial charge is 0.497 e. The van der Waals surface area contributed by atoms with Gasteiger partial charge in [0.15, 0.2) is 0 Å². The molecule has 0 aliphatic carbocycles. The number of hydrogen-bond donors (Lipinski definition) is 1. The third-order valence-corrected chi connectivity index (χ3v) is 5.53. The van der Waals surface area contributed by atoms with Crippen LogP contribution in [0.15, 0.2) is 79.6 Å². The highest BCUT2D eigenvalue weighted by atomic mass is 16.5. The number of carbonyl (C=O) groups excluding carboxylic acids is 1. The Morgan fingerprint density at radius 3 is 2.49 bits per heavy atom. The smallest absolute Gasteiger partial charge is 0.273 e. The van der Waals surface area contributed by atoms with Gasteiger partial charge in [-0.25, -0.2) is 15.0 Å². The zero-order chi connectivity index (χ0) is 25.8. The summed E-state index contributed by atoms with van der Waals surface area (Å²) in [5, 5.41) is 7.38. The molecule has 186 valence electrons. The van der Waals surface area contributed by atoms with Crippen molar-refractivity contribution in [3.05, 3.63) is 85.3 Å². The number of ether oxygens (including phenoxy) is 3. The Morgan fingerprint density at radius 2 is 1.76 bits per heavy atom. The number of hydrogen-bond acceptors (Lipinski definition) is 8. The first-order valence-corrected chi connectivity index (χ1v) is 11.2. The fourth-order valence-electron chi connectivity index (χ4n) is 3.67. The molecule has 0 aliphatic heterocycles. The summed E-state index contributed by atoms with van der Waals surface area (Å²) >= 11 is 0. The zero-order valence-corrected chi connectivity index (χ0v) is 20.3. The highest BCUT2D eigenvalue weighted by Crippen LogP contribution is 2.33. The van der Waals surface area contributed by atoms with Gasteiger partial charge in [0, 0.05) is 36.8 Å². The molecule has 11 nitrogen and oxygen atoms in total. The van der Waals surface area contributed by atoms with Crippen LogP contribution in [0, 0.1) is 0 Å². The minimum Gasteiger partial charge on any atom is -0.497 e. The van der Waals surface area contributed by atoms with Crippen LogP contribution in [0.25, 0.3) is 17.1 Å². The first-order valence-electron chi connectivity index (χ1n) is 11.2. The van der Waals surface area contributed by atoms with E-state index in [0.29, 0.717) is 46.0 Å². The third kappa shape index (κ3) is 5.10.